The minimum atomic E-state index is -0.751. The fourth-order valence-electron chi connectivity index (χ4n) is 3.32. The number of benzene rings is 2. The van der Waals surface area contributed by atoms with Gasteiger partial charge in [0, 0.05) is 18.2 Å². The smallest absolute Gasteiger partial charge is 0.258 e. The van der Waals surface area contributed by atoms with Crippen molar-refractivity contribution in [3.05, 3.63) is 64.2 Å². The monoisotopic (exact) mass is 438 g/mol. The fraction of sp³-hybridized carbons (Fsp3) is 0.304. The van der Waals surface area contributed by atoms with E-state index in [1.807, 2.05) is 13.0 Å². The van der Waals surface area contributed by atoms with Gasteiger partial charge in [-0.05, 0) is 32.0 Å². The average molecular weight is 438 g/mol. The second-order valence-electron chi connectivity index (χ2n) is 7.15. The normalized spacial score (nSPS) is 11.6. The van der Waals surface area contributed by atoms with E-state index in [2.05, 4.69) is 15.3 Å². The Labute approximate surface area is 185 Å². The number of rotatable bonds is 8. The summed E-state index contributed by atoms with van der Waals surface area (Å²) in [7, 11) is 2.99. The predicted molar refractivity (Wildman–Crippen MR) is 120 cm³/mol. The molecule has 9 heteroatoms. The van der Waals surface area contributed by atoms with E-state index >= 15 is 0 Å². The summed E-state index contributed by atoms with van der Waals surface area (Å²) in [5.74, 6) is 0.581. The maximum atomic E-state index is 12.9. The molecule has 0 aliphatic carbocycles. The zero-order valence-electron chi connectivity index (χ0n) is 18.5. The van der Waals surface area contributed by atoms with Crippen LogP contribution in [-0.4, -0.2) is 53.5 Å². The Morgan fingerprint density at radius 3 is 2.41 bits per heavy atom. The van der Waals surface area contributed by atoms with Crippen molar-refractivity contribution in [2.45, 2.75) is 26.4 Å². The van der Waals surface area contributed by atoms with Crippen molar-refractivity contribution in [1.29, 1.82) is 0 Å². The largest absolute Gasteiger partial charge is 0.493 e. The molecule has 1 aromatic heterocycles. The highest BCUT2D eigenvalue weighted by Crippen LogP contribution is 2.29. The van der Waals surface area contributed by atoms with Gasteiger partial charge in [0.2, 0.25) is 5.91 Å². The SMILES string of the molecule is CCN(Cc1nc2cc(OC)c(OC)cc2c(=O)[nH]1)C(=O)[C@@H](C)NC(=O)c1ccccc1. The molecule has 3 rings (SSSR count). The summed E-state index contributed by atoms with van der Waals surface area (Å²) in [6.07, 6.45) is 0. The molecule has 2 N–H and O–H groups in total. The van der Waals surface area contributed by atoms with E-state index in [0.29, 0.717) is 40.3 Å². The number of ether oxygens (including phenoxy) is 2. The lowest BCUT2D eigenvalue weighted by atomic mass is 10.2. The number of H-pyrrole nitrogens is 1. The van der Waals surface area contributed by atoms with Gasteiger partial charge < -0.3 is 24.7 Å². The van der Waals surface area contributed by atoms with Crippen LogP contribution in [0.2, 0.25) is 0 Å². The maximum absolute atomic E-state index is 12.9. The lowest BCUT2D eigenvalue weighted by Gasteiger charge is -2.24. The zero-order chi connectivity index (χ0) is 23.3. The first-order chi connectivity index (χ1) is 15.4. The fourth-order valence-corrected chi connectivity index (χ4v) is 3.32. The molecular formula is C23H26N4O5. The number of aromatic nitrogens is 2. The van der Waals surface area contributed by atoms with Crippen LogP contribution in [0.15, 0.2) is 47.3 Å². The van der Waals surface area contributed by atoms with E-state index in [-0.39, 0.29) is 23.9 Å². The van der Waals surface area contributed by atoms with Gasteiger partial charge in [0.25, 0.3) is 11.5 Å². The number of aromatic amines is 1. The number of hydrogen-bond donors (Lipinski definition) is 2. The second-order valence-corrected chi connectivity index (χ2v) is 7.15. The van der Waals surface area contributed by atoms with Gasteiger partial charge in [-0.15, -0.1) is 0 Å². The van der Waals surface area contributed by atoms with Crippen molar-refractivity contribution < 1.29 is 19.1 Å². The number of amides is 2. The number of nitrogens with zero attached hydrogens (tertiary/aromatic N) is 2. The quantitative estimate of drug-likeness (QED) is 0.557. The molecule has 0 saturated heterocycles. The van der Waals surface area contributed by atoms with Crippen LogP contribution in [0.3, 0.4) is 0 Å². The highest BCUT2D eigenvalue weighted by atomic mass is 16.5. The van der Waals surface area contributed by atoms with Crippen LogP contribution >= 0.6 is 0 Å². The Kier molecular flexibility index (Phi) is 7.09. The molecule has 0 aliphatic heterocycles. The summed E-state index contributed by atoms with van der Waals surface area (Å²) in [5.41, 5.74) is 0.551. The minimum Gasteiger partial charge on any atom is -0.493 e. The van der Waals surface area contributed by atoms with Gasteiger partial charge in [-0.1, -0.05) is 18.2 Å². The maximum Gasteiger partial charge on any atom is 0.258 e. The number of carbonyl (C=O) groups excluding carboxylic acids is 2. The van der Waals surface area contributed by atoms with Crippen LogP contribution in [0.4, 0.5) is 0 Å². The molecule has 1 heterocycles. The Morgan fingerprint density at radius 1 is 1.12 bits per heavy atom. The lowest BCUT2D eigenvalue weighted by Crippen LogP contribution is -2.46. The molecule has 0 spiro atoms. The standard InChI is InChI=1S/C23H26N4O5/c1-5-27(23(30)14(2)24-21(28)15-9-7-6-8-10-15)13-20-25-17-12-19(32-4)18(31-3)11-16(17)22(29)26-20/h6-12,14H,5,13H2,1-4H3,(H,24,28)(H,25,26,29)/t14-/m1/s1. The van der Waals surface area contributed by atoms with Crippen LogP contribution in [-0.2, 0) is 11.3 Å². The van der Waals surface area contributed by atoms with Gasteiger partial charge in [0.1, 0.15) is 11.9 Å². The van der Waals surface area contributed by atoms with Crippen molar-refractivity contribution in [3.63, 3.8) is 0 Å². The molecule has 0 aliphatic rings. The first-order valence-corrected chi connectivity index (χ1v) is 10.2. The van der Waals surface area contributed by atoms with Crippen molar-refractivity contribution in [2.75, 3.05) is 20.8 Å². The van der Waals surface area contributed by atoms with Crippen LogP contribution in [0, 0.1) is 0 Å². The Hall–Kier alpha value is -3.88. The Bertz CT molecular complexity index is 1180. The number of hydrogen-bond acceptors (Lipinski definition) is 6. The molecule has 32 heavy (non-hydrogen) atoms. The number of nitrogens with one attached hydrogen (secondary N) is 2. The highest BCUT2D eigenvalue weighted by Gasteiger charge is 2.23. The topological polar surface area (TPSA) is 114 Å². The van der Waals surface area contributed by atoms with E-state index < -0.39 is 6.04 Å². The van der Waals surface area contributed by atoms with E-state index in [1.54, 1.807) is 43.3 Å². The van der Waals surface area contributed by atoms with Crippen molar-refractivity contribution >= 4 is 22.7 Å². The second kappa shape index (κ2) is 9.95. The van der Waals surface area contributed by atoms with Crippen LogP contribution in [0.1, 0.15) is 30.0 Å². The molecular weight excluding hydrogens is 412 g/mol. The summed E-state index contributed by atoms with van der Waals surface area (Å²) in [6.45, 7) is 3.90. The van der Waals surface area contributed by atoms with Crippen molar-refractivity contribution in [3.8, 4) is 11.5 Å². The lowest BCUT2D eigenvalue weighted by molar-refractivity contribution is -0.133. The number of methoxy groups -OCH3 is 2. The van der Waals surface area contributed by atoms with E-state index in [4.69, 9.17) is 9.47 Å². The van der Waals surface area contributed by atoms with E-state index in [0.717, 1.165) is 0 Å². The average Bonchev–Trinajstić information content (AvgIpc) is 2.81. The molecule has 0 radical (unpaired) electrons. The molecule has 0 saturated carbocycles. The Morgan fingerprint density at radius 2 is 1.78 bits per heavy atom. The molecule has 2 amide bonds. The molecule has 0 fully saturated rings. The molecule has 0 bridgehead atoms. The number of carbonyl (C=O) groups is 2. The predicted octanol–water partition coefficient (Wildman–Crippen LogP) is 2.11. The summed E-state index contributed by atoms with van der Waals surface area (Å²) in [5, 5.41) is 3.06. The summed E-state index contributed by atoms with van der Waals surface area (Å²) < 4.78 is 10.5. The summed E-state index contributed by atoms with van der Waals surface area (Å²) >= 11 is 0. The molecule has 3 aromatic rings. The molecule has 1 atom stereocenters. The van der Waals surface area contributed by atoms with Crippen LogP contribution < -0.4 is 20.3 Å². The summed E-state index contributed by atoms with van der Waals surface area (Å²) in [4.78, 5) is 46.6. The van der Waals surface area contributed by atoms with Crippen molar-refractivity contribution in [2.24, 2.45) is 0 Å². The van der Waals surface area contributed by atoms with Crippen molar-refractivity contribution in [1.82, 2.24) is 20.2 Å². The highest BCUT2D eigenvalue weighted by molar-refractivity contribution is 5.97. The van der Waals surface area contributed by atoms with Gasteiger partial charge >= 0.3 is 0 Å². The van der Waals surface area contributed by atoms with Gasteiger partial charge in [0.15, 0.2) is 11.5 Å². The van der Waals surface area contributed by atoms with E-state index in [9.17, 15) is 14.4 Å². The van der Waals surface area contributed by atoms with Crippen LogP contribution in [0.25, 0.3) is 10.9 Å². The molecule has 9 nitrogen and oxygen atoms in total. The minimum absolute atomic E-state index is 0.0837. The van der Waals surface area contributed by atoms with Gasteiger partial charge in [-0.2, -0.15) is 0 Å². The number of likely N-dealkylation sites (N-methyl/N-ethyl adjacent to an activating group) is 1. The third-order valence-corrected chi connectivity index (χ3v) is 5.05. The number of fused-ring (bicyclic) bond motifs is 1. The van der Waals surface area contributed by atoms with Gasteiger partial charge in [-0.25, -0.2) is 4.98 Å². The van der Waals surface area contributed by atoms with E-state index in [1.165, 1.54) is 19.1 Å². The van der Waals surface area contributed by atoms with Gasteiger partial charge in [-0.3, -0.25) is 14.4 Å². The van der Waals surface area contributed by atoms with Crippen LogP contribution in [0.5, 0.6) is 11.5 Å². The zero-order valence-corrected chi connectivity index (χ0v) is 18.5. The molecule has 2 aromatic carbocycles. The molecule has 168 valence electrons. The van der Waals surface area contributed by atoms with Gasteiger partial charge in [0.05, 0.1) is 31.7 Å². The summed E-state index contributed by atoms with van der Waals surface area (Å²) in [6, 6.07) is 11.1. The first-order valence-electron chi connectivity index (χ1n) is 10.2. The first kappa shape index (κ1) is 22.8. The third-order valence-electron chi connectivity index (χ3n) is 5.05. The third kappa shape index (κ3) is 4.88. The molecule has 0 unspecified atom stereocenters. The Balaban J connectivity index is 1.80.